The zero-order chi connectivity index (χ0) is 28.6. The lowest BCUT2D eigenvalue weighted by atomic mass is 9.76. The summed E-state index contributed by atoms with van der Waals surface area (Å²) in [5, 5.41) is 1.07. The highest BCUT2D eigenvalue weighted by Gasteiger charge is 2.56. The van der Waals surface area contributed by atoms with Gasteiger partial charge in [-0.15, -0.1) is 0 Å². The van der Waals surface area contributed by atoms with E-state index in [1.807, 2.05) is 55.5 Å². The molecule has 2 aliphatic rings. The number of amides is 2. The number of para-hydroxylation sites is 1. The normalized spacial score (nSPS) is 20.2. The largest absolute Gasteiger partial charge is 0.493 e. The second-order valence-electron chi connectivity index (χ2n) is 11.2. The number of fused-ring (bicyclic) bond motifs is 5. The van der Waals surface area contributed by atoms with E-state index in [9.17, 15) is 9.59 Å². The number of methoxy groups -OCH3 is 1. The molecule has 0 radical (unpaired) electrons. The molecule has 7 heteroatoms. The molecule has 1 fully saturated rings. The van der Waals surface area contributed by atoms with Crippen LogP contribution < -0.4 is 9.47 Å². The average Bonchev–Trinajstić information content (AvgIpc) is 3.40. The van der Waals surface area contributed by atoms with Crippen molar-refractivity contribution >= 4 is 22.7 Å². The van der Waals surface area contributed by atoms with Crippen LogP contribution in [0.2, 0.25) is 0 Å². The predicted molar refractivity (Wildman–Crippen MR) is 159 cm³/mol. The van der Waals surface area contributed by atoms with Crippen LogP contribution >= 0.6 is 0 Å². The van der Waals surface area contributed by atoms with Gasteiger partial charge in [0, 0.05) is 29.9 Å². The Balaban J connectivity index is 1.38. The number of aryl methyl sites for hydroxylation is 1. The number of benzene rings is 3. The number of hydrogen-bond donors (Lipinski definition) is 1. The smallest absolute Gasteiger partial charge is 0.254 e. The number of carbonyl (C=O) groups excluding carboxylic acids is 2. The molecule has 1 saturated heterocycles. The Labute approximate surface area is 241 Å². The molecule has 41 heavy (non-hydrogen) atoms. The van der Waals surface area contributed by atoms with Crippen LogP contribution in [0.5, 0.6) is 11.5 Å². The Hall–Kier alpha value is -4.26. The average molecular weight is 552 g/mol. The van der Waals surface area contributed by atoms with E-state index >= 15 is 0 Å². The predicted octanol–water partition coefficient (Wildman–Crippen LogP) is 5.63. The van der Waals surface area contributed by atoms with Crippen LogP contribution in [-0.2, 0) is 21.5 Å². The van der Waals surface area contributed by atoms with E-state index in [0.717, 1.165) is 47.0 Å². The fraction of sp³-hybridized carbons (Fsp3) is 0.353. The molecule has 3 heterocycles. The summed E-state index contributed by atoms with van der Waals surface area (Å²) in [5.41, 5.74) is 3.96. The maximum atomic E-state index is 14.3. The summed E-state index contributed by atoms with van der Waals surface area (Å²) in [7, 11) is 1.65. The van der Waals surface area contributed by atoms with Crippen molar-refractivity contribution in [2.24, 2.45) is 0 Å². The minimum absolute atomic E-state index is 0.0303. The summed E-state index contributed by atoms with van der Waals surface area (Å²) in [6, 6.07) is 24.4. The van der Waals surface area contributed by atoms with E-state index < -0.39 is 5.54 Å². The molecule has 2 unspecified atom stereocenters. The number of rotatable bonds is 9. The van der Waals surface area contributed by atoms with Crippen LogP contribution in [0.25, 0.3) is 10.9 Å². The molecule has 4 aromatic rings. The zero-order valence-electron chi connectivity index (χ0n) is 24.0. The number of ether oxygens (including phenoxy) is 2. The number of nitrogens with one attached hydrogen (secondary N) is 1. The van der Waals surface area contributed by atoms with E-state index in [0.29, 0.717) is 31.2 Å². The van der Waals surface area contributed by atoms with Gasteiger partial charge in [0.15, 0.2) is 17.0 Å². The lowest BCUT2D eigenvalue weighted by molar-refractivity contribution is -0.166. The maximum absolute atomic E-state index is 14.3. The summed E-state index contributed by atoms with van der Waals surface area (Å²) in [6.45, 7) is 5.63. The second-order valence-corrected chi connectivity index (χ2v) is 11.2. The van der Waals surface area contributed by atoms with Gasteiger partial charge in [0.1, 0.15) is 0 Å². The zero-order valence-corrected chi connectivity index (χ0v) is 24.0. The van der Waals surface area contributed by atoms with Crippen molar-refractivity contribution < 1.29 is 19.1 Å². The van der Waals surface area contributed by atoms with Gasteiger partial charge >= 0.3 is 0 Å². The highest BCUT2D eigenvalue weighted by molar-refractivity contribution is 6.01. The standard InChI is InChI=1S/C34H37N3O4/c1-4-19-41-28-17-16-24(20-29(28)40-3)26-21-37-30(38)22-36(18-10-13-23-11-6-5-7-12-23)33(39)34(37,2)32-31(26)25-14-8-9-15-27(25)35-32/h5-9,11-12,14-17,20,26,35H,4,10,13,18-19,21-22H2,1-3H3. The van der Waals surface area contributed by atoms with Crippen LogP contribution in [0.3, 0.4) is 0 Å². The number of aromatic amines is 1. The Morgan fingerprint density at radius 3 is 2.56 bits per heavy atom. The van der Waals surface area contributed by atoms with E-state index in [2.05, 4.69) is 36.2 Å². The van der Waals surface area contributed by atoms with Gasteiger partial charge < -0.3 is 24.3 Å². The molecule has 0 aliphatic carbocycles. The monoisotopic (exact) mass is 551 g/mol. The molecule has 2 atom stereocenters. The Kier molecular flexibility index (Phi) is 7.20. The maximum Gasteiger partial charge on any atom is 0.254 e. The quantitative estimate of drug-likeness (QED) is 0.293. The van der Waals surface area contributed by atoms with Crippen molar-refractivity contribution in [1.82, 2.24) is 14.8 Å². The first-order chi connectivity index (χ1) is 20.0. The lowest BCUT2D eigenvalue weighted by Gasteiger charge is -2.51. The molecule has 2 aliphatic heterocycles. The Morgan fingerprint density at radius 2 is 1.78 bits per heavy atom. The summed E-state index contributed by atoms with van der Waals surface area (Å²) < 4.78 is 11.6. The molecule has 7 nitrogen and oxygen atoms in total. The van der Waals surface area contributed by atoms with Gasteiger partial charge in [-0.05, 0) is 61.1 Å². The molecule has 6 rings (SSSR count). The first-order valence-electron chi connectivity index (χ1n) is 14.5. The van der Waals surface area contributed by atoms with Crippen molar-refractivity contribution in [2.75, 3.05) is 33.4 Å². The summed E-state index contributed by atoms with van der Waals surface area (Å²) in [5.74, 6) is 1.17. The highest BCUT2D eigenvalue weighted by Crippen LogP contribution is 2.49. The SMILES string of the molecule is CCCOc1ccc(C2CN3C(=O)CN(CCCc4ccccc4)C(=O)C3(C)c3[nH]c4ccccc4c32)cc1OC. The van der Waals surface area contributed by atoms with Crippen molar-refractivity contribution in [3.05, 3.63) is 95.2 Å². The van der Waals surface area contributed by atoms with Crippen LogP contribution in [0.1, 0.15) is 55.0 Å². The minimum Gasteiger partial charge on any atom is -0.493 e. The number of hydrogen-bond acceptors (Lipinski definition) is 4. The molecule has 0 bridgehead atoms. The number of H-pyrrole nitrogens is 1. The topological polar surface area (TPSA) is 74.9 Å². The first-order valence-corrected chi connectivity index (χ1v) is 14.5. The number of carbonyl (C=O) groups is 2. The van der Waals surface area contributed by atoms with Gasteiger partial charge in [0.05, 0.1) is 26.0 Å². The van der Waals surface area contributed by atoms with Crippen molar-refractivity contribution in [2.45, 2.75) is 44.6 Å². The van der Waals surface area contributed by atoms with Gasteiger partial charge in [0.2, 0.25) is 5.91 Å². The Morgan fingerprint density at radius 1 is 1.00 bits per heavy atom. The van der Waals surface area contributed by atoms with Crippen LogP contribution in [0.15, 0.2) is 72.8 Å². The summed E-state index contributed by atoms with van der Waals surface area (Å²) in [4.78, 5) is 35.2. The molecule has 1 N–H and O–H groups in total. The van der Waals surface area contributed by atoms with Crippen molar-refractivity contribution in [3.8, 4) is 11.5 Å². The van der Waals surface area contributed by atoms with Gasteiger partial charge in [-0.2, -0.15) is 0 Å². The van der Waals surface area contributed by atoms with Crippen molar-refractivity contribution in [3.63, 3.8) is 0 Å². The number of piperazine rings is 1. The van der Waals surface area contributed by atoms with E-state index in [4.69, 9.17) is 9.47 Å². The fourth-order valence-electron chi connectivity index (χ4n) is 6.51. The molecule has 2 amide bonds. The molecule has 3 aromatic carbocycles. The van der Waals surface area contributed by atoms with Crippen LogP contribution in [0.4, 0.5) is 0 Å². The molecule has 212 valence electrons. The highest BCUT2D eigenvalue weighted by atomic mass is 16.5. The molecule has 0 saturated carbocycles. The minimum atomic E-state index is -1.11. The first kappa shape index (κ1) is 26.9. The van der Waals surface area contributed by atoms with E-state index in [1.165, 1.54) is 5.56 Å². The third kappa shape index (κ3) is 4.63. The lowest BCUT2D eigenvalue weighted by Crippen LogP contribution is -2.67. The third-order valence-corrected chi connectivity index (χ3v) is 8.61. The molecule has 1 aromatic heterocycles. The fourth-order valence-corrected chi connectivity index (χ4v) is 6.51. The molecular weight excluding hydrogens is 514 g/mol. The van der Waals surface area contributed by atoms with Gasteiger partial charge in [0.25, 0.3) is 5.91 Å². The Bertz CT molecular complexity index is 1580. The van der Waals surface area contributed by atoms with Crippen LogP contribution in [-0.4, -0.2) is 59.9 Å². The third-order valence-electron chi connectivity index (χ3n) is 8.61. The van der Waals surface area contributed by atoms with Crippen LogP contribution in [0, 0.1) is 0 Å². The summed E-state index contributed by atoms with van der Waals surface area (Å²) >= 11 is 0. The number of aromatic nitrogens is 1. The number of nitrogens with zero attached hydrogens (tertiary/aromatic N) is 2. The second kappa shape index (κ2) is 11.0. The molecule has 0 spiro atoms. The van der Waals surface area contributed by atoms with Gasteiger partial charge in [-0.3, -0.25) is 9.59 Å². The molecular formula is C34H37N3O4. The van der Waals surface area contributed by atoms with Gasteiger partial charge in [-0.1, -0.05) is 61.5 Å². The van der Waals surface area contributed by atoms with E-state index in [-0.39, 0.29) is 24.3 Å². The van der Waals surface area contributed by atoms with E-state index in [1.54, 1.807) is 16.9 Å². The van der Waals surface area contributed by atoms with Gasteiger partial charge in [-0.25, -0.2) is 0 Å². The summed E-state index contributed by atoms with van der Waals surface area (Å²) in [6.07, 6.45) is 2.56. The van der Waals surface area contributed by atoms with Crippen molar-refractivity contribution in [1.29, 1.82) is 0 Å².